The maximum absolute atomic E-state index is 10.9. The number of likely N-dealkylation sites (N-methyl/N-ethyl adjacent to an activating group) is 1. The molecule has 2 atom stereocenters. The number of aliphatic hydroxyl groups is 1. The number of rotatable bonds is 4. The Hall–Kier alpha value is -1.90. The van der Waals surface area contributed by atoms with E-state index in [-0.39, 0.29) is 0 Å². The number of hydrogen-bond donors (Lipinski definition) is 1. The molecule has 1 aliphatic rings. The molecule has 3 rings (SSSR count). The monoisotopic (exact) mass is 293 g/mol. The number of benzene rings is 2. The quantitative estimate of drug-likeness (QED) is 0.924. The Bertz CT molecular complexity index is 621. The van der Waals surface area contributed by atoms with E-state index in [1.54, 1.807) is 0 Å². The van der Waals surface area contributed by atoms with Crippen molar-refractivity contribution in [2.24, 2.45) is 0 Å². The van der Waals surface area contributed by atoms with Crippen LogP contribution in [0.4, 0.5) is 0 Å². The average molecular weight is 293 g/mol. The highest BCUT2D eigenvalue weighted by molar-refractivity contribution is 5.70. The molecule has 1 N–H and O–H groups in total. The molecular formula is C20H23NO. The van der Waals surface area contributed by atoms with E-state index in [1.165, 1.54) is 6.42 Å². The highest BCUT2D eigenvalue weighted by Gasteiger charge is 2.22. The molecule has 0 amide bonds. The minimum atomic E-state index is -0.586. The lowest BCUT2D eigenvalue weighted by molar-refractivity contribution is 0.237. The minimum Gasteiger partial charge on any atom is -0.384 e. The molecule has 2 heteroatoms. The van der Waals surface area contributed by atoms with Crippen LogP contribution in [0, 0.1) is 0 Å². The van der Waals surface area contributed by atoms with E-state index in [9.17, 15) is 5.11 Å². The molecule has 0 aromatic heterocycles. The van der Waals surface area contributed by atoms with Crippen molar-refractivity contribution in [3.05, 3.63) is 77.9 Å². The zero-order valence-corrected chi connectivity index (χ0v) is 13.0. The second-order valence-electron chi connectivity index (χ2n) is 5.99. The van der Waals surface area contributed by atoms with Crippen LogP contribution in [0.25, 0.3) is 5.57 Å². The fourth-order valence-corrected chi connectivity index (χ4v) is 3.14. The van der Waals surface area contributed by atoms with Gasteiger partial charge in [0.2, 0.25) is 0 Å². The first kappa shape index (κ1) is 15.0. The summed E-state index contributed by atoms with van der Waals surface area (Å²) < 4.78 is 0. The third-order valence-electron chi connectivity index (χ3n) is 4.47. The van der Waals surface area contributed by atoms with E-state index in [0.29, 0.717) is 6.04 Å². The molecule has 2 unspecified atom stereocenters. The summed E-state index contributed by atoms with van der Waals surface area (Å²) in [5.74, 6) is 0. The lowest BCUT2D eigenvalue weighted by Crippen LogP contribution is -2.23. The summed E-state index contributed by atoms with van der Waals surface area (Å²) in [6.07, 6.45) is 4.05. The maximum atomic E-state index is 10.9. The van der Waals surface area contributed by atoms with Crippen molar-refractivity contribution in [2.75, 3.05) is 13.6 Å². The fourth-order valence-electron chi connectivity index (χ4n) is 3.14. The normalized spacial score (nSPS) is 21.0. The van der Waals surface area contributed by atoms with Crippen molar-refractivity contribution in [1.82, 2.24) is 4.90 Å². The van der Waals surface area contributed by atoms with E-state index in [4.69, 9.17) is 0 Å². The van der Waals surface area contributed by atoms with Gasteiger partial charge in [-0.1, -0.05) is 66.7 Å². The molecule has 2 aromatic carbocycles. The van der Waals surface area contributed by atoms with Gasteiger partial charge in [-0.3, -0.25) is 4.90 Å². The molecule has 1 saturated heterocycles. The summed E-state index contributed by atoms with van der Waals surface area (Å²) in [6, 6.07) is 20.5. The van der Waals surface area contributed by atoms with Crippen molar-refractivity contribution in [3.63, 3.8) is 0 Å². The SMILES string of the molecule is CN1CCCC1C=C(c1ccccc1)C(O)c1ccccc1. The van der Waals surface area contributed by atoms with Crippen LogP contribution in [0.2, 0.25) is 0 Å². The van der Waals surface area contributed by atoms with Crippen molar-refractivity contribution >= 4 is 5.57 Å². The molecule has 0 aliphatic carbocycles. The summed E-state index contributed by atoms with van der Waals surface area (Å²) in [4.78, 5) is 2.36. The summed E-state index contributed by atoms with van der Waals surface area (Å²) in [6.45, 7) is 1.13. The van der Waals surface area contributed by atoms with Crippen LogP contribution < -0.4 is 0 Å². The standard InChI is InChI=1S/C20H23NO/c1-21-14-8-13-18(21)15-19(16-9-4-2-5-10-16)20(22)17-11-6-3-7-12-17/h2-7,9-12,15,18,20,22H,8,13-14H2,1H3. The number of hydrogen-bond acceptors (Lipinski definition) is 2. The van der Waals surface area contributed by atoms with Crippen LogP contribution >= 0.6 is 0 Å². The van der Waals surface area contributed by atoms with E-state index in [0.717, 1.165) is 29.7 Å². The van der Waals surface area contributed by atoms with Crippen LogP contribution in [-0.2, 0) is 0 Å². The van der Waals surface area contributed by atoms with E-state index in [1.807, 2.05) is 48.5 Å². The molecule has 1 fully saturated rings. The molecule has 114 valence electrons. The number of nitrogens with zero attached hydrogens (tertiary/aromatic N) is 1. The van der Waals surface area contributed by atoms with Gasteiger partial charge >= 0.3 is 0 Å². The van der Waals surface area contributed by atoms with Crippen LogP contribution in [0.1, 0.15) is 30.1 Å². The molecule has 2 aromatic rings. The van der Waals surface area contributed by atoms with Gasteiger partial charge in [0, 0.05) is 6.04 Å². The number of likely N-dealkylation sites (tertiary alicyclic amines) is 1. The lowest BCUT2D eigenvalue weighted by Gasteiger charge is -2.21. The van der Waals surface area contributed by atoms with E-state index >= 15 is 0 Å². The molecule has 2 nitrogen and oxygen atoms in total. The van der Waals surface area contributed by atoms with Crippen molar-refractivity contribution in [3.8, 4) is 0 Å². The first-order valence-electron chi connectivity index (χ1n) is 7.96. The van der Waals surface area contributed by atoms with Crippen LogP contribution in [0.3, 0.4) is 0 Å². The molecule has 1 aliphatic heterocycles. The van der Waals surface area contributed by atoms with Crippen LogP contribution in [0.5, 0.6) is 0 Å². The molecule has 0 radical (unpaired) electrons. The first-order chi connectivity index (χ1) is 10.8. The van der Waals surface area contributed by atoms with Gasteiger partial charge in [0.1, 0.15) is 6.10 Å². The summed E-state index contributed by atoms with van der Waals surface area (Å²) >= 11 is 0. The topological polar surface area (TPSA) is 23.5 Å². The molecular weight excluding hydrogens is 270 g/mol. The second-order valence-corrected chi connectivity index (χ2v) is 5.99. The predicted molar refractivity (Wildman–Crippen MR) is 91.5 cm³/mol. The Morgan fingerprint density at radius 3 is 2.32 bits per heavy atom. The first-order valence-corrected chi connectivity index (χ1v) is 7.96. The Morgan fingerprint density at radius 2 is 1.73 bits per heavy atom. The molecule has 0 spiro atoms. The highest BCUT2D eigenvalue weighted by Crippen LogP contribution is 2.32. The molecule has 0 bridgehead atoms. The maximum Gasteiger partial charge on any atom is 0.104 e. The molecule has 1 heterocycles. The lowest BCUT2D eigenvalue weighted by atomic mass is 9.93. The molecule has 22 heavy (non-hydrogen) atoms. The van der Waals surface area contributed by atoms with Gasteiger partial charge in [-0.05, 0) is 43.1 Å². The van der Waals surface area contributed by atoms with E-state index < -0.39 is 6.10 Å². The second kappa shape index (κ2) is 6.91. The van der Waals surface area contributed by atoms with Crippen LogP contribution in [-0.4, -0.2) is 29.6 Å². The van der Waals surface area contributed by atoms with Crippen molar-refractivity contribution in [2.45, 2.75) is 25.0 Å². The number of aliphatic hydroxyl groups excluding tert-OH is 1. The minimum absolute atomic E-state index is 0.411. The third-order valence-corrected chi connectivity index (χ3v) is 4.47. The van der Waals surface area contributed by atoms with E-state index in [2.05, 4.69) is 30.2 Å². The van der Waals surface area contributed by atoms with Gasteiger partial charge in [-0.25, -0.2) is 0 Å². The summed E-state index contributed by atoms with van der Waals surface area (Å²) in [5, 5.41) is 10.9. The van der Waals surface area contributed by atoms with Gasteiger partial charge < -0.3 is 5.11 Å². The summed E-state index contributed by atoms with van der Waals surface area (Å²) in [5.41, 5.74) is 3.04. The van der Waals surface area contributed by atoms with Crippen molar-refractivity contribution in [1.29, 1.82) is 0 Å². The zero-order valence-electron chi connectivity index (χ0n) is 13.0. The van der Waals surface area contributed by atoms with Gasteiger partial charge in [0.15, 0.2) is 0 Å². The van der Waals surface area contributed by atoms with Gasteiger partial charge in [0.05, 0.1) is 0 Å². The predicted octanol–water partition coefficient (Wildman–Crippen LogP) is 3.90. The van der Waals surface area contributed by atoms with Crippen molar-refractivity contribution < 1.29 is 5.11 Å². The largest absolute Gasteiger partial charge is 0.384 e. The Balaban J connectivity index is 1.98. The third kappa shape index (κ3) is 3.29. The Kier molecular flexibility index (Phi) is 4.71. The molecule has 0 saturated carbocycles. The highest BCUT2D eigenvalue weighted by atomic mass is 16.3. The Morgan fingerprint density at radius 1 is 1.09 bits per heavy atom. The van der Waals surface area contributed by atoms with Gasteiger partial charge in [0.25, 0.3) is 0 Å². The smallest absolute Gasteiger partial charge is 0.104 e. The zero-order chi connectivity index (χ0) is 15.4. The van der Waals surface area contributed by atoms with Gasteiger partial charge in [-0.15, -0.1) is 0 Å². The Labute approximate surface area is 132 Å². The van der Waals surface area contributed by atoms with Crippen LogP contribution in [0.15, 0.2) is 66.7 Å². The summed E-state index contributed by atoms with van der Waals surface area (Å²) in [7, 11) is 2.16. The van der Waals surface area contributed by atoms with Gasteiger partial charge in [-0.2, -0.15) is 0 Å². The average Bonchev–Trinajstić information content (AvgIpc) is 2.98. The fraction of sp³-hybridized carbons (Fsp3) is 0.300.